The molecule has 2 aliphatic heterocycles. The van der Waals surface area contributed by atoms with Crippen LogP contribution in [-0.2, 0) is 0 Å². The molecule has 0 bridgehead atoms. The van der Waals surface area contributed by atoms with E-state index >= 15 is 0 Å². The van der Waals surface area contributed by atoms with Crippen LogP contribution in [0, 0.1) is 11.8 Å². The van der Waals surface area contributed by atoms with Crippen molar-refractivity contribution < 1.29 is 0 Å². The highest BCUT2D eigenvalue weighted by Crippen LogP contribution is 2.29. The Kier molecular flexibility index (Phi) is 5.13. The first-order valence-electron chi connectivity index (χ1n) is 7.37. The topological polar surface area (TPSA) is 15.3 Å². The van der Waals surface area contributed by atoms with Crippen molar-refractivity contribution >= 4 is 12.4 Å². The van der Waals surface area contributed by atoms with Crippen LogP contribution in [0.4, 0.5) is 0 Å². The summed E-state index contributed by atoms with van der Waals surface area (Å²) in [5.41, 5.74) is 0. The van der Waals surface area contributed by atoms with E-state index in [1.165, 1.54) is 71.1 Å². The minimum absolute atomic E-state index is 0. The molecule has 0 amide bonds. The fourth-order valence-corrected chi connectivity index (χ4v) is 3.99. The average Bonchev–Trinajstić information content (AvgIpc) is 2.97. The number of halogens is 1. The van der Waals surface area contributed by atoms with Crippen molar-refractivity contribution in [1.82, 2.24) is 10.2 Å². The Morgan fingerprint density at radius 3 is 2.71 bits per heavy atom. The maximum atomic E-state index is 3.65. The third-order valence-electron chi connectivity index (χ3n) is 5.07. The number of nitrogens with zero attached hydrogens (tertiary/aromatic N) is 1. The molecule has 1 aliphatic carbocycles. The monoisotopic (exact) mass is 258 g/mol. The molecule has 2 unspecified atom stereocenters. The van der Waals surface area contributed by atoms with Gasteiger partial charge in [0.15, 0.2) is 0 Å². The lowest BCUT2D eigenvalue weighted by atomic mass is 9.93. The Morgan fingerprint density at radius 2 is 1.88 bits per heavy atom. The Labute approximate surface area is 112 Å². The SMILES string of the molecule is C1CCC(CCN2CCC3NCCC3C2)C1.Cl. The Balaban J connectivity index is 0.00000108. The summed E-state index contributed by atoms with van der Waals surface area (Å²) >= 11 is 0. The minimum Gasteiger partial charge on any atom is -0.314 e. The predicted molar refractivity (Wildman–Crippen MR) is 74.8 cm³/mol. The van der Waals surface area contributed by atoms with Crippen molar-refractivity contribution in [1.29, 1.82) is 0 Å². The van der Waals surface area contributed by atoms with Crippen LogP contribution in [-0.4, -0.2) is 37.1 Å². The molecular formula is C14H27ClN2. The highest BCUT2D eigenvalue weighted by atomic mass is 35.5. The van der Waals surface area contributed by atoms with Gasteiger partial charge >= 0.3 is 0 Å². The van der Waals surface area contributed by atoms with Crippen molar-refractivity contribution in [2.45, 2.75) is 51.0 Å². The van der Waals surface area contributed by atoms with Crippen LogP contribution in [0.3, 0.4) is 0 Å². The first-order chi connectivity index (χ1) is 7.92. The molecule has 3 aliphatic rings. The number of fused-ring (bicyclic) bond motifs is 1. The summed E-state index contributed by atoms with van der Waals surface area (Å²) in [4.78, 5) is 2.74. The van der Waals surface area contributed by atoms with Gasteiger partial charge in [-0.2, -0.15) is 0 Å². The fourth-order valence-electron chi connectivity index (χ4n) is 3.99. The van der Waals surface area contributed by atoms with Gasteiger partial charge in [0.2, 0.25) is 0 Å². The molecule has 17 heavy (non-hydrogen) atoms. The molecule has 1 saturated carbocycles. The summed E-state index contributed by atoms with van der Waals surface area (Å²) < 4.78 is 0. The lowest BCUT2D eigenvalue weighted by Gasteiger charge is -2.35. The molecule has 3 heteroatoms. The van der Waals surface area contributed by atoms with Crippen LogP contribution in [0.5, 0.6) is 0 Å². The summed E-state index contributed by atoms with van der Waals surface area (Å²) in [6.45, 7) is 5.38. The van der Waals surface area contributed by atoms with Gasteiger partial charge in [-0.05, 0) is 50.7 Å². The summed E-state index contributed by atoms with van der Waals surface area (Å²) in [6, 6.07) is 0.864. The third kappa shape index (κ3) is 3.36. The van der Waals surface area contributed by atoms with Crippen molar-refractivity contribution in [3.63, 3.8) is 0 Å². The molecule has 2 nitrogen and oxygen atoms in total. The van der Waals surface area contributed by atoms with Gasteiger partial charge in [-0.25, -0.2) is 0 Å². The quantitative estimate of drug-likeness (QED) is 0.837. The molecule has 0 spiro atoms. The normalized spacial score (nSPS) is 34.6. The van der Waals surface area contributed by atoms with Crippen molar-refractivity contribution in [2.75, 3.05) is 26.2 Å². The molecule has 3 rings (SSSR count). The molecule has 0 aromatic rings. The Morgan fingerprint density at radius 1 is 1.06 bits per heavy atom. The molecule has 100 valence electrons. The fraction of sp³-hybridized carbons (Fsp3) is 1.00. The van der Waals surface area contributed by atoms with Crippen LogP contribution >= 0.6 is 12.4 Å². The average molecular weight is 259 g/mol. The number of hydrogen-bond donors (Lipinski definition) is 1. The van der Waals surface area contributed by atoms with E-state index in [-0.39, 0.29) is 12.4 Å². The van der Waals surface area contributed by atoms with E-state index < -0.39 is 0 Å². The smallest absolute Gasteiger partial charge is 0.0120 e. The van der Waals surface area contributed by atoms with Gasteiger partial charge in [-0.1, -0.05) is 25.7 Å². The van der Waals surface area contributed by atoms with Crippen molar-refractivity contribution in [3.05, 3.63) is 0 Å². The second-order valence-electron chi connectivity index (χ2n) is 6.14. The lowest BCUT2D eigenvalue weighted by Crippen LogP contribution is -2.44. The van der Waals surface area contributed by atoms with Gasteiger partial charge in [0.1, 0.15) is 0 Å². The molecule has 0 aromatic heterocycles. The highest BCUT2D eigenvalue weighted by Gasteiger charge is 2.32. The number of likely N-dealkylation sites (tertiary alicyclic amines) is 1. The largest absolute Gasteiger partial charge is 0.314 e. The lowest BCUT2D eigenvalue weighted by molar-refractivity contribution is 0.154. The highest BCUT2D eigenvalue weighted by molar-refractivity contribution is 5.85. The second-order valence-corrected chi connectivity index (χ2v) is 6.14. The van der Waals surface area contributed by atoms with E-state index in [9.17, 15) is 0 Å². The van der Waals surface area contributed by atoms with Gasteiger partial charge < -0.3 is 10.2 Å². The summed E-state index contributed by atoms with van der Waals surface area (Å²) in [5.74, 6) is 2.04. The number of nitrogens with one attached hydrogen (secondary N) is 1. The molecule has 3 fully saturated rings. The molecule has 2 heterocycles. The van der Waals surface area contributed by atoms with E-state index in [0.29, 0.717) is 0 Å². The molecule has 0 radical (unpaired) electrons. The minimum atomic E-state index is 0. The van der Waals surface area contributed by atoms with Crippen LogP contribution < -0.4 is 5.32 Å². The Hall–Kier alpha value is 0.210. The maximum absolute atomic E-state index is 3.65. The summed E-state index contributed by atoms with van der Waals surface area (Å²) in [6.07, 6.45) is 10.3. The third-order valence-corrected chi connectivity index (χ3v) is 5.07. The predicted octanol–water partition coefficient (Wildman–Crippen LogP) is 2.67. The van der Waals surface area contributed by atoms with Gasteiger partial charge in [0.05, 0.1) is 0 Å². The first kappa shape index (κ1) is 13.6. The van der Waals surface area contributed by atoms with Crippen LogP contribution in [0.15, 0.2) is 0 Å². The van der Waals surface area contributed by atoms with E-state index in [1.807, 2.05) is 0 Å². The van der Waals surface area contributed by atoms with Gasteiger partial charge in [0.25, 0.3) is 0 Å². The molecule has 1 N–H and O–H groups in total. The van der Waals surface area contributed by atoms with Gasteiger partial charge in [-0.3, -0.25) is 0 Å². The Bertz CT molecular complexity index is 228. The zero-order valence-corrected chi connectivity index (χ0v) is 11.7. The molecular weight excluding hydrogens is 232 g/mol. The van der Waals surface area contributed by atoms with Crippen molar-refractivity contribution in [2.24, 2.45) is 11.8 Å². The van der Waals surface area contributed by atoms with E-state index in [4.69, 9.17) is 0 Å². The van der Waals surface area contributed by atoms with E-state index in [0.717, 1.165) is 17.9 Å². The zero-order valence-electron chi connectivity index (χ0n) is 10.9. The summed E-state index contributed by atoms with van der Waals surface area (Å²) in [7, 11) is 0. The number of piperidine rings is 1. The standard InChI is InChI=1S/C14H26N2.ClH/c1-2-4-12(3-1)6-9-16-10-7-14-13(11-16)5-8-15-14;/h12-15H,1-11H2;1H. The number of rotatable bonds is 3. The maximum Gasteiger partial charge on any atom is 0.0120 e. The van der Waals surface area contributed by atoms with Crippen LogP contribution in [0.25, 0.3) is 0 Å². The van der Waals surface area contributed by atoms with Crippen LogP contribution in [0.2, 0.25) is 0 Å². The van der Waals surface area contributed by atoms with Gasteiger partial charge in [-0.15, -0.1) is 12.4 Å². The zero-order chi connectivity index (χ0) is 10.8. The van der Waals surface area contributed by atoms with Crippen molar-refractivity contribution in [3.8, 4) is 0 Å². The van der Waals surface area contributed by atoms with Crippen LogP contribution in [0.1, 0.15) is 44.9 Å². The molecule has 0 aromatic carbocycles. The number of hydrogen-bond acceptors (Lipinski definition) is 2. The van der Waals surface area contributed by atoms with E-state index in [2.05, 4.69) is 10.2 Å². The van der Waals surface area contributed by atoms with Gasteiger partial charge in [0, 0.05) is 12.6 Å². The van der Waals surface area contributed by atoms with E-state index in [1.54, 1.807) is 0 Å². The molecule has 2 atom stereocenters. The molecule has 2 saturated heterocycles. The second kappa shape index (κ2) is 6.40. The summed E-state index contributed by atoms with van der Waals surface area (Å²) in [5, 5.41) is 3.65. The first-order valence-corrected chi connectivity index (χ1v) is 7.37.